The van der Waals surface area contributed by atoms with Crippen LogP contribution in [0.4, 0.5) is 0 Å². The number of hydrogen-bond acceptors (Lipinski definition) is 0. The molecule has 0 aromatic carbocycles. The van der Waals surface area contributed by atoms with E-state index < -0.39 is 0 Å². The molecule has 0 saturated carbocycles. The average Bonchev–Trinajstić information content (AvgIpc) is 2.62. The SMILES string of the molecule is C=c1ccc(=Cc2ccc(C)[nH]2)[nH]1. The highest BCUT2D eigenvalue weighted by atomic mass is 14.7. The molecule has 0 radical (unpaired) electrons. The Balaban J connectivity index is 2.46. The van der Waals surface area contributed by atoms with Crippen molar-refractivity contribution in [3.05, 3.63) is 46.4 Å². The largest absolute Gasteiger partial charge is 0.359 e. The summed E-state index contributed by atoms with van der Waals surface area (Å²) in [6, 6.07) is 8.08. The summed E-state index contributed by atoms with van der Waals surface area (Å²) in [5.41, 5.74) is 2.28. The molecule has 0 amide bonds. The first kappa shape index (κ1) is 7.92. The van der Waals surface area contributed by atoms with Crippen LogP contribution in [0, 0.1) is 6.92 Å². The van der Waals surface area contributed by atoms with Crippen LogP contribution in [0.2, 0.25) is 0 Å². The van der Waals surface area contributed by atoms with Gasteiger partial charge in [0.05, 0.1) is 0 Å². The van der Waals surface area contributed by atoms with Gasteiger partial charge in [-0.25, -0.2) is 0 Å². The van der Waals surface area contributed by atoms with E-state index in [9.17, 15) is 0 Å². The fraction of sp³-hybridized carbons (Fsp3) is 0.0909. The minimum atomic E-state index is 0.939. The standard InChI is InChI=1S/C11H12N2/c1-8-3-5-10(12-8)7-11-6-4-9(2)13-11/h3-7,12-13H,1H2,2H3. The Morgan fingerprint density at radius 3 is 2.54 bits per heavy atom. The topological polar surface area (TPSA) is 31.6 Å². The Labute approximate surface area is 76.6 Å². The van der Waals surface area contributed by atoms with Gasteiger partial charge in [-0.3, -0.25) is 0 Å². The molecule has 13 heavy (non-hydrogen) atoms. The van der Waals surface area contributed by atoms with E-state index in [1.807, 2.05) is 19.1 Å². The summed E-state index contributed by atoms with van der Waals surface area (Å²) in [6.45, 7) is 5.84. The van der Waals surface area contributed by atoms with Crippen molar-refractivity contribution in [2.75, 3.05) is 0 Å². The zero-order valence-corrected chi connectivity index (χ0v) is 7.59. The molecule has 0 aliphatic carbocycles. The van der Waals surface area contributed by atoms with Crippen molar-refractivity contribution in [3.8, 4) is 0 Å². The van der Waals surface area contributed by atoms with Gasteiger partial charge in [0, 0.05) is 22.1 Å². The van der Waals surface area contributed by atoms with Crippen molar-refractivity contribution in [1.29, 1.82) is 0 Å². The quantitative estimate of drug-likeness (QED) is 0.640. The van der Waals surface area contributed by atoms with Gasteiger partial charge in [0.25, 0.3) is 0 Å². The molecule has 2 aromatic heterocycles. The minimum Gasteiger partial charge on any atom is -0.359 e. The van der Waals surface area contributed by atoms with Crippen molar-refractivity contribution >= 4 is 12.7 Å². The van der Waals surface area contributed by atoms with Crippen LogP contribution in [0.3, 0.4) is 0 Å². The van der Waals surface area contributed by atoms with Crippen LogP contribution in [-0.2, 0) is 0 Å². The molecule has 0 spiro atoms. The molecule has 0 saturated heterocycles. The molecule has 66 valence electrons. The van der Waals surface area contributed by atoms with Gasteiger partial charge in [0.2, 0.25) is 0 Å². The maximum atomic E-state index is 3.80. The summed E-state index contributed by atoms with van der Waals surface area (Å²) in [5.74, 6) is 0. The third kappa shape index (κ3) is 1.72. The maximum Gasteiger partial charge on any atom is 0.0405 e. The molecule has 2 nitrogen and oxygen atoms in total. The highest BCUT2D eigenvalue weighted by Crippen LogP contribution is 1.99. The molecule has 0 aliphatic rings. The normalized spacial score (nSPS) is 12.2. The lowest BCUT2D eigenvalue weighted by molar-refractivity contribution is 1.23. The number of H-pyrrole nitrogens is 2. The summed E-state index contributed by atoms with van der Waals surface area (Å²) < 4.78 is 0. The van der Waals surface area contributed by atoms with Gasteiger partial charge in [-0.2, -0.15) is 0 Å². The Morgan fingerprint density at radius 2 is 2.00 bits per heavy atom. The molecule has 2 heterocycles. The van der Waals surface area contributed by atoms with E-state index >= 15 is 0 Å². The van der Waals surface area contributed by atoms with Crippen LogP contribution in [0.1, 0.15) is 11.4 Å². The lowest BCUT2D eigenvalue weighted by Gasteiger charge is -1.83. The second kappa shape index (κ2) is 2.98. The van der Waals surface area contributed by atoms with Gasteiger partial charge in [-0.05, 0) is 37.3 Å². The Bertz CT molecular complexity index is 502. The molecule has 0 fully saturated rings. The number of aromatic amines is 2. The summed E-state index contributed by atoms with van der Waals surface area (Å²) in [5, 5.41) is 2.02. The summed E-state index contributed by atoms with van der Waals surface area (Å²) in [6.07, 6.45) is 2.06. The van der Waals surface area contributed by atoms with E-state index in [2.05, 4.69) is 34.8 Å². The minimum absolute atomic E-state index is 0.939. The Morgan fingerprint density at radius 1 is 1.15 bits per heavy atom. The van der Waals surface area contributed by atoms with E-state index in [1.165, 1.54) is 5.69 Å². The van der Waals surface area contributed by atoms with Crippen molar-refractivity contribution in [2.24, 2.45) is 0 Å². The van der Waals surface area contributed by atoms with Gasteiger partial charge < -0.3 is 9.97 Å². The highest BCUT2D eigenvalue weighted by Gasteiger charge is 1.89. The zero-order chi connectivity index (χ0) is 9.26. The van der Waals surface area contributed by atoms with E-state index in [4.69, 9.17) is 0 Å². The van der Waals surface area contributed by atoms with Crippen LogP contribution < -0.4 is 10.7 Å². The first-order chi connectivity index (χ1) is 6.24. The molecule has 0 atom stereocenters. The molecule has 2 rings (SSSR count). The van der Waals surface area contributed by atoms with Gasteiger partial charge in [0.1, 0.15) is 0 Å². The first-order valence-electron chi connectivity index (χ1n) is 4.25. The number of rotatable bonds is 1. The number of aryl methyl sites for hydroxylation is 1. The maximum absolute atomic E-state index is 3.80. The molecular formula is C11H12N2. The third-order valence-electron chi connectivity index (χ3n) is 1.93. The fourth-order valence-electron chi connectivity index (χ4n) is 1.32. The second-order valence-electron chi connectivity index (χ2n) is 3.18. The predicted molar refractivity (Wildman–Crippen MR) is 54.7 cm³/mol. The molecule has 2 N–H and O–H groups in total. The summed E-state index contributed by atoms with van der Waals surface area (Å²) in [7, 11) is 0. The van der Waals surface area contributed by atoms with Crippen molar-refractivity contribution in [1.82, 2.24) is 9.97 Å². The highest BCUT2D eigenvalue weighted by molar-refractivity contribution is 5.44. The van der Waals surface area contributed by atoms with Crippen molar-refractivity contribution in [2.45, 2.75) is 6.92 Å². The number of nitrogens with one attached hydrogen (secondary N) is 2. The van der Waals surface area contributed by atoms with Crippen LogP contribution in [0.15, 0.2) is 24.3 Å². The van der Waals surface area contributed by atoms with Crippen LogP contribution in [0.25, 0.3) is 12.7 Å². The Kier molecular flexibility index (Phi) is 1.81. The van der Waals surface area contributed by atoms with E-state index in [0.717, 1.165) is 16.4 Å². The fourth-order valence-corrected chi connectivity index (χ4v) is 1.32. The molecule has 2 heteroatoms. The van der Waals surface area contributed by atoms with E-state index in [1.54, 1.807) is 0 Å². The van der Waals surface area contributed by atoms with Crippen LogP contribution >= 0.6 is 0 Å². The monoisotopic (exact) mass is 172 g/mol. The van der Waals surface area contributed by atoms with E-state index in [-0.39, 0.29) is 0 Å². The van der Waals surface area contributed by atoms with Crippen molar-refractivity contribution in [3.63, 3.8) is 0 Å². The predicted octanol–water partition coefficient (Wildman–Crippen LogP) is 0.890. The summed E-state index contributed by atoms with van der Waals surface area (Å²) >= 11 is 0. The van der Waals surface area contributed by atoms with E-state index in [0.29, 0.717) is 0 Å². The Hall–Kier alpha value is -1.70. The van der Waals surface area contributed by atoms with Gasteiger partial charge in [-0.1, -0.05) is 6.58 Å². The van der Waals surface area contributed by atoms with Gasteiger partial charge >= 0.3 is 0 Å². The third-order valence-corrected chi connectivity index (χ3v) is 1.93. The second-order valence-corrected chi connectivity index (χ2v) is 3.18. The molecule has 0 aliphatic heterocycles. The lowest BCUT2D eigenvalue weighted by Crippen LogP contribution is -2.07. The van der Waals surface area contributed by atoms with Crippen LogP contribution in [0.5, 0.6) is 0 Å². The van der Waals surface area contributed by atoms with Gasteiger partial charge in [-0.15, -0.1) is 0 Å². The number of aromatic nitrogens is 2. The zero-order valence-electron chi connectivity index (χ0n) is 7.59. The molecular weight excluding hydrogens is 160 g/mol. The number of hydrogen-bond donors (Lipinski definition) is 2. The van der Waals surface area contributed by atoms with Crippen molar-refractivity contribution < 1.29 is 0 Å². The van der Waals surface area contributed by atoms with Crippen LogP contribution in [-0.4, -0.2) is 9.97 Å². The molecule has 2 aromatic rings. The summed E-state index contributed by atoms with van der Waals surface area (Å²) in [4.78, 5) is 6.38. The lowest BCUT2D eigenvalue weighted by atomic mass is 10.4. The smallest absolute Gasteiger partial charge is 0.0405 e. The van der Waals surface area contributed by atoms with Gasteiger partial charge in [0.15, 0.2) is 0 Å². The average molecular weight is 172 g/mol. The molecule has 0 bridgehead atoms. The molecule has 0 unspecified atom stereocenters. The first-order valence-corrected chi connectivity index (χ1v) is 4.25.